The monoisotopic (exact) mass is 1550 g/mol. The number of fused-ring (bicyclic) bond motifs is 5. The predicted molar refractivity (Wildman–Crippen MR) is 416 cm³/mol. The molecular formula is C79H91N17O17. The van der Waals surface area contributed by atoms with Crippen molar-refractivity contribution in [3.63, 3.8) is 0 Å². The summed E-state index contributed by atoms with van der Waals surface area (Å²) in [6, 6.07) is 17.0. The lowest BCUT2D eigenvalue weighted by atomic mass is 9.70. The van der Waals surface area contributed by atoms with Gasteiger partial charge >= 0.3 is 0 Å². The van der Waals surface area contributed by atoms with Crippen LogP contribution >= 0.6 is 0 Å². The number of aromatic nitrogens is 8. The molecule has 0 bridgehead atoms. The number of hydrogen-bond donors (Lipinski definition) is 12. The number of nitrogens with one attached hydrogen (secondary N) is 7. The van der Waals surface area contributed by atoms with Gasteiger partial charge in [0, 0.05) is 165 Å². The molecule has 6 atom stereocenters. The number of para-hydroxylation sites is 1. The van der Waals surface area contributed by atoms with Gasteiger partial charge in [0.05, 0.1) is 64.2 Å². The molecule has 2 saturated heterocycles. The van der Waals surface area contributed by atoms with Crippen LogP contribution in [0.25, 0.3) is 27.3 Å². The fourth-order valence-corrected chi connectivity index (χ4v) is 15.5. The first-order chi connectivity index (χ1) is 54.0. The standard InChI is InChI=1S/C42H48N6O12.C37H43N11O5/c1-19-24-14-42(57,29(50)18-49)15-28(35(24)40(55)36-33(19)38(53)23-8-7-9-27(58-6)34(23)39(36)54)60-32-13-25(37(52)20(2)59-32)43-11-10-31(51)45-22-12-26(48(5)16-22)41(56)46-30-17-47(4)21(3)44-30;1-23(49)41-27-20-44(2)32(34(27)51)36(52)43-29-21-45(3)35(42-29)37(53)39-13-7-15-47-18-16-46(17-19-47)14-6-12-38-25-10-11-26-31-30(25)33(50)24-8-4-5-9-28(24)48(31)22-40-26/h7-9,12,16-17,20,25,28,32,37,43,49,52,55,57H,10-11,13-15,18H2,1-6H3,(H,45,51)(H,46,56);4-5,8-11,20-22,38,51H,6-7,12-19H2,1-3H3,(H,39,53)(H,41,49)(H,43,52)/t20-,25-,28+,32?,37+,42-;/m0./s1. The van der Waals surface area contributed by atoms with Crippen molar-refractivity contribution in [2.45, 2.75) is 102 Å². The highest BCUT2D eigenvalue weighted by molar-refractivity contribution is 6.31. The van der Waals surface area contributed by atoms with E-state index in [2.05, 4.69) is 62.0 Å². The molecular weight excluding hydrogens is 1460 g/mol. The number of aliphatic hydroxyl groups is 3. The number of phenolic OH excluding ortho intramolecular Hbond substituents is 1. The van der Waals surface area contributed by atoms with Gasteiger partial charge in [-0.3, -0.25) is 47.6 Å². The Morgan fingerprint density at radius 1 is 0.735 bits per heavy atom. The number of carbonyl (C=O) groups is 8. The third-order valence-corrected chi connectivity index (χ3v) is 21.4. The normalized spacial score (nSPS) is 19.0. The molecule has 1 unspecified atom stereocenters. The van der Waals surface area contributed by atoms with Crippen LogP contribution in [0, 0.1) is 13.8 Å². The van der Waals surface area contributed by atoms with Crippen LogP contribution in [0.15, 0.2) is 96.6 Å². The summed E-state index contributed by atoms with van der Waals surface area (Å²) in [5, 5.41) is 76.5. The van der Waals surface area contributed by atoms with Crippen LogP contribution in [0.1, 0.15) is 138 Å². The van der Waals surface area contributed by atoms with E-state index in [0.717, 1.165) is 86.7 Å². The number of ether oxygens (including phenoxy) is 3. The minimum Gasteiger partial charge on any atom is -0.507 e. The van der Waals surface area contributed by atoms with Crippen molar-refractivity contribution in [1.29, 1.82) is 0 Å². The van der Waals surface area contributed by atoms with E-state index in [1.807, 2.05) is 54.8 Å². The number of rotatable bonds is 25. The van der Waals surface area contributed by atoms with E-state index in [1.54, 1.807) is 75.0 Å². The first-order valence-electron chi connectivity index (χ1n) is 37.2. The van der Waals surface area contributed by atoms with Crippen LogP contribution in [0.5, 0.6) is 17.2 Å². The van der Waals surface area contributed by atoms with Gasteiger partial charge in [-0.2, -0.15) is 0 Å². The molecule has 6 aromatic heterocycles. The van der Waals surface area contributed by atoms with Crippen molar-refractivity contribution in [1.82, 2.24) is 58.1 Å². The van der Waals surface area contributed by atoms with Gasteiger partial charge in [0.25, 0.3) is 17.7 Å². The number of phenols is 1. The van der Waals surface area contributed by atoms with Crippen LogP contribution in [0.3, 0.4) is 0 Å². The van der Waals surface area contributed by atoms with E-state index >= 15 is 0 Å². The number of nitrogens with zero attached hydrogens (tertiary/aromatic N) is 10. The second-order valence-corrected chi connectivity index (χ2v) is 29.0. The summed E-state index contributed by atoms with van der Waals surface area (Å²) in [5.74, 6) is -3.61. The highest BCUT2D eigenvalue weighted by Gasteiger charge is 2.50. The Morgan fingerprint density at radius 3 is 2.15 bits per heavy atom. The highest BCUT2D eigenvalue weighted by atomic mass is 16.7. The number of amides is 5. The number of Topliss-reactive ketones (excluding diaryl/α,β-unsaturated/α-hetero) is 1. The maximum Gasteiger partial charge on any atom is 0.287 e. The molecule has 2 fully saturated rings. The smallest absolute Gasteiger partial charge is 0.287 e. The lowest BCUT2D eigenvalue weighted by Crippen LogP contribution is -2.55. The number of aliphatic hydroxyl groups excluding tert-OH is 2. The van der Waals surface area contributed by atoms with Crippen molar-refractivity contribution < 1.29 is 78.1 Å². The summed E-state index contributed by atoms with van der Waals surface area (Å²) < 4.78 is 26.1. The number of aromatic hydroxyl groups is 2. The van der Waals surface area contributed by atoms with Gasteiger partial charge in [0.1, 0.15) is 47.2 Å². The zero-order valence-electron chi connectivity index (χ0n) is 64.0. The molecule has 5 amide bonds. The van der Waals surface area contributed by atoms with Crippen molar-refractivity contribution in [2.75, 3.05) is 99.2 Å². The van der Waals surface area contributed by atoms with Gasteiger partial charge < -0.3 is 105 Å². The maximum absolute atomic E-state index is 14.1. The summed E-state index contributed by atoms with van der Waals surface area (Å²) in [5.41, 5.74) is 2.24. The lowest BCUT2D eigenvalue weighted by Gasteiger charge is -2.43. The molecule has 2 aliphatic carbocycles. The van der Waals surface area contributed by atoms with Crippen molar-refractivity contribution >= 4 is 103 Å². The molecule has 0 radical (unpaired) electrons. The lowest BCUT2D eigenvalue weighted by molar-refractivity contribution is -0.249. The van der Waals surface area contributed by atoms with Gasteiger partial charge in [-0.05, 0) is 94.2 Å². The van der Waals surface area contributed by atoms with Crippen molar-refractivity contribution in [2.24, 2.45) is 28.2 Å². The molecule has 4 aromatic carbocycles. The van der Waals surface area contributed by atoms with Crippen LogP contribution < -0.4 is 47.4 Å². The molecule has 10 aromatic rings. The van der Waals surface area contributed by atoms with E-state index in [9.17, 15) is 68.7 Å². The number of benzene rings is 4. The molecule has 4 aliphatic rings. The minimum atomic E-state index is -2.17. The SMILES string of the molecule is CC(=O)Nc1cn(C)c(C(=O)Nc2cn(C)c(C(=O)NCCCN3CCN(CCCNc4ccc5ncn6c7ccccc7c(=O)c4c56)CC3)n2)c1O.COc1cccc2c1C(=O)c1c(O)c3c(c(C)c1C2=O)C[C@@](O)(C(=O)CO)C[C@H]3OC1C[C@H](NCCC(=O)Nc2cc(C(=O)Nc3cn(C)c(C)n3)n(C)c2)[C@H](O)[C@H](C)O1. The largest absolute Gasteiger partial charge is 0.507 e. The number of hydrogen-bond acceptors (Lipinski definition) is 24. The van der Waals surface area contributed by atoms with Crippen LogP contribution in [0.4, 0.5) is 28.7 Å². The van der Waals surface area contributed by atoms with Gasteiger partial charge in [-0.1, -0.05) is 24.3 Å². The minimum absolute atomic E-state index is 0.0130. The molecule has 113 heavy (non-hydrogen) atoms. The summed E-state index contributed by atoms with van der Waals surface area (Å²) in [6.07, 6.45) is 4.71. The molecule has 2 aliphatic heterocycles. The number of pyridine rings is 1. The molecule has 14 rings (SSSR count). The van der Waals surface area contributed by atoms with Crippen molar-refractivity contribution in [3.05, 3.63) is 164 Å². The predicted octanol–water partition coefficient (Wildman–Crippen LogP) is 4.56. The Morgan fingerprint density at radius 2 is 1.44 bits per heavy atom. The van der Waals surface area contributed by atoms with E-state index in [0.29, 0.717) is 34.5 Å². The molecule has 0 saturated carbocycles. The Bertz CT molecular complexity index is 5440. The van der Waals surface area contributed by atoms with Crippen LogP contribution in [-0.4, -0.2) is 223 Å². The highest BCUT2D eigenvalue weighted by Crippen LogP contribution is 2.51. The Hall–Kier alpha value is -11.8. The molecule has 12 N–H and O–H groups in total. The zero-order chi connectivity index (χ0) is 80.6. The Balaban J connectivity index is 0.000000199. The van der Waals surface area contributed by atoms with E-state index in [-0.39, 0.29) is 122 Å². The number of anilines is 5. The zero-order valence-corrected chi connectivity index (χ0v) is 64.0. The number of methoxy groups -OCH3 is 1. The number of carbonyl (C=O) groups excluding carboxylic acids is 8. The molecule has 34 heteroatoms. The Kier molecular flexibility index (Phi) is 23.1. The summed E-state index contributed by atoms with van der Waals surface area (Å²) in [4.78, 5) is 136. The van der Waals surface area contributed by atoms with E-state index in [1.165, 1.54) is 47.7 Å². The Labute approximate surface area is 647 Å². The first kappa shape index (κ1) is 79.3. The van der Waals surface area contributed by atoms with Crippen LogP contribution in [0.2, 0.25) is 0 Å². The third-order valence-electron chi connectivity index (χ3n) is 21.4. The van der Waals surface area contributed by atoms with Crippen molar-refractivity contribution in [3.8, 4) is 17.2 Å². The number of ketones is 3. The van der Waals surface area contributed by atoms with E-state index < -0.39 is 84.2 Å². The van der Waals surface area contributed by atoms with Gasteiger partial charge in [-0.25, -0.2) is 15.0 Å². The average molecular weight is 1550 g/mol. The fraction of sp³-hybridized carbons (Fsp3) is 0.392. The topological polar surface area (TPSA) is 436 Å². The quantitative estimate of drug-likeness (QED) is 0.0275. The van der Waals surface area contributed by atoms with Gasteiger partial charge in [0.15, 0.2) is 46.4 Å². The summed E-state index contributed by atoms with van der Waals surface area (Å²) in [6.45, 7) is 12.3. The number of aryl methyl sites for hydroxylation is 5. The molecule has 34 nitrogen and oxygen atoms in total. The number of imidazole rings is 3. The second-order valence-electron chi connectivity index (χ2n) is 29.0. The molecule has 594 valence electrons. The average Bonchev–Trinajstić information content (AvgIpc) is 0.990. The molecule has 0 spiro atoms. The summed E-state index contributed by atoms with van der Waals surface area (Å²) in [7, 11) is 8.07. The van der Waals surface area contributed by atoms with Gasteiger partial charge in [0.2, 0.25) is 23.4 Å². The van der Waals surface area contributed by atoms with Gasteiger partial charge in [-0.15, -0.1) is 0 Å². The fourth-order valence-electron chi connectivity index (χ4n) is 15.5. The summed E-state index contributed by atoms with van der Waals surface area (Å²) >= 11 is 0. The maximum atomic E-state index is 14.1. The first-order valence-corrected chi connectivity index (χ1v) is 37.2. The van der Waals surface area contributed by atoms with Crippen LogP contribution in [-0.2, 0) is 58.5 Å². The molecule has 8 heterocycles. The second kappa shape index (κ2) is 32.9. The van der Waals surface area contributed by atoms with E-state index in [4.69, 9.17) is 14.2 Å². The third kappa shape index (κ3) is 16.1. The number of piperazine rings is 1.